The van der Waals surface area contributed by atoms with Crippen molar-refractivity contribution < 1.29 is 14.5 Å². The number of nitrogens with one attached hydrogen (secondary N) is 3. The van der Waals surface area contributed by atoms with Crippen molar-refractivity contribution in [1.82, 2.24) is 10.6 Å². The van der Waals surface area contributed by atoms with E-state index < -0.39 is 10.8 Å². The van der Waals surface area contributed by atoms with Crippen molar-refractivity contribution in [2.45, 2.75) is 19.8 Å². The minimum atomic E-state index is -0.684. The first-order valence-electron chi connectivity index (χ1n) is 8.66. The normalized spacial score (nSPS) is 10.0. The molecular formula is C19H20N4O4S. The van der Waals surface area contributed by atoms with Gasteiger partial charge < -0.3 is 10.6 Å². The summed E-state index contributed by atoms with van der Waals surface area (Å²) in [7, 11) is 0. The Balaban J connectivity index is 1.95. The molecule has 0 aromatic heterocycles. The number of carbonyl (C=O) groups excluding carboxylic acids is 2. The minimum Gasteiger partial charge on any atom is -0.352 e. The van der Waals surface area contributed by atoms with Gasteiger partial charge in [-0.3, -0.25) is 25.0 Å². The summed E-state index contributed by atoms with van der Waals surface area (Å²) in [5.41, 5.74) is 0.687. The molecule has 3 N–H and O–H groups in total. The van der Waals surface area contributed by atoms with Gasteiger partial charge in [0.2, 0.25) is 0 Å². The van der Waals surface area contributed by atoms with Crippen LogP contribution < -0.4 is 16.0 Å². The van der Waals surface area contributed by atoms with Crippen LogP contribution in [0.2, 0.25) is 0 Å². The first-order valence-corrected chi connectivity index (χ1v) is 9.07. The van der Waals surface area contributed by atoms with E-state index in [0.717, 1.165) is 12.8 Å². The SMILES string of the molecule is CCCCNC(=O)c1ccc(NC(=S)NC(=O)c2ccccc2[N+](=O)[O-])cc1. The Kier molecular flexibility index (Phi) is 7.58. The highest BCUT2D eigenvalue weighted by Crippen LogP contribution is 2.17. The van der Waals surface area contributed by atoms with E-state index in [-0.39, 0.29) is 22.3 Å². The number of benzene rings is 2. The number of nitrogens with zero attached hydrogens (tertiary/aromatic N) is 1. The average Bonchev–Trinajstić information content (AvgIpc) is 2.68. The number of carbonyl (C=O) groups is 2. The Bertz CT molecular complexity index is 884. The van der Waals surface area contributed by atoms with Crippen LogP contribution in [0.3, 0.4) is 0 Å². The van der Waals surface area contributed by atoms with E-state index in [0.29, 0.717) is 17.8 Å². The molecule has 0 fully saturated rings. The Labute approximate surface area is 167 Å². The predicted octanol–water partition coefficient (Wildman–Crippen LogP) is 3.25. The molecule has 0 saturated heterocycles. The highest BCUT2D eigenvalue weighted by Gasteiger charge is 2.19. The van der Waals surface area contributed by atoms with E-state index in [1.807, 2.05) is 6.92 Å². The molecule has 0 saturated carbocycles. The van der Waals surface area contributed by atoms with Crippen LogP contribution >= 0.6 is 12.2 Å². The Hall–Kier alpha value is -3.33. The molecule has 0 aliphatic rings. The first-order chi connectivity index (χ1) is 13.4. The van der Waals surface area contributed by atoms with Gasteiger partial charge in [-0.15, -0.1) is 0 Å². The molecule has 0 spiro atoms. The number of nitro benzene ring substituents is 1. The number of nitro groups is 1. The van der Waals surface area contributed by atoms with Crippen LogP contribution in [0.1, 0.15) is 40.5 Å². The molecule has 2 amide bonds. The van der Waals surface area contributed by atoms with E-state index >= 15 is 0 Å². The lowest BCUT2D eigenvalue weighted by Crippen LogP contribution is -2.34. The number of amides is 2. The van der Waals surface area contributed by atoms with Gasteiger partial charge in [0.15, 0.2) is 5.11 Å². The number of hydrogen-bond donors (Lipinski definition) is 3. The fourth-order valence-electron chi connectivity index (χ4n) is 2.34. The molecule has 0 heterocycles. The standard InChI is InChI=1S/C19H20N4O4S/c1-2-3-12-20-17(24)13-8-10-14(11-9-13)21-19(28)22-18(25)15-6-4-5-7-16(15)23(26)27/h4-11H,2-3,12H2,1H3,(H,20,24)(H2,21,22,25,28). The molecule has 0 unspecified atom stereocenters. The van der Waals surface area contributed by atoms with Crippen LogP contribution in [-0.4, -0.2) is 28.4 Å². The van der Waals surface area contributed by atoms with Crippen LogP contribution in [0.4, 0.5) is 11.4 Å². The lowest BCUT2D eigenvalue weighted by molar-refractivity contribution is -0.385. The second kappa shape index (κ2) is 10.1. The summed E-state index contributed by atoms with van der Waals surface area (Å²) in [6, 6.07) is 12.2. The molecule has 0 bridgehead atoms. The second-order valence-electron chi connectivity index (χ2n) is 5.87. The molecule has 8 nitrogen and oxygen atoms in total. The highest BCUT2D eigenvalue weighted by atomic mass is 32.1. The van der Waals surface area contributed by atoms with Crippen LogP contribution in [-0.2, 0) is 0 Å². The van der Waals surface area contributed by atoms with Crippen molar-refractivity contribution in [2.24, 2.45) is 0 Å². The Morgan fingerprint density at radius 1 is 1.07 bits per heavy atom. The van der Waals surface area contributed by atoms with Gasteiger partial charge in [-0.05, 0) is 49.0 Å². The van der Waals surface area contributed by atoms with Gasteiger partial charge in [-0.25, -0.2) is 0 Å². The van der Waals surface area contributed by atoms with E-state index in [2.05, 4.69) is 16.0 Å². The van der Waals surface area contributed by atoms with Gasteiger partial charge in [-0.2, -0.15) is 0 Å². The summed E-state index contributed by atoms with van der Waals surface area (Å²) in [6.45, 7) is 2.67. The molecule has 0 aliphatic carbocycles. The zero-order chi connectivity index (χ0) is 20.5. The molecule has 0 aliphatic heterocycles. The number of anilines is 1. The zero-order valence-corrected chi connectivity index (χ0v) is 16.0. The molecule has 28 heavy (non-hydrogen) atoms. The van der Waals surface area contributed by atoms with Gasteiger partial charge in [0.05, 0.1) is 4.92 Å². The minimum absolute atomic E-state index is 0.0108. The fourth-order valence-corrected chi connectivity index (χ4v) is 2.55. The predicted molar refractivity (Wildman–Crippen MR) is 110 cm³/mol. The number of para-hydroxylation sites is 1. The summed E-state index contributed by atoms with van der Waals surface area (Å²) in [4.78, 5) is 34.6. The van der Waals surface area contributed by atoms with Crippen LogP contribution in [0, 0.1) is 10.1 Å². The quantitative estimate of drug-likeness (QED) is 0.285. The summed E-state index contributed by atoms with van der Waals surface area (Å²) < 4.78 is 0. The fraction of sp³-hybridized carbons (Fsp3) is 0.211. The number of hydrogen-bond acceptors (Lipinski definition) is 5. The third-order valence-electron chi connectivity index (χ3n) is 3.79. The molecule has 146 valence electrons. The monoisotopic (exact) mass is 400 g/mol. The van der Waals surface area contributed by atoms with Crippen LogP contribution in [0.15, 0.2) is 48.5 Å². The molecule has 0 radical (unpaired) electrons. The number of unbranched alkanes of at least 4 members (excludes halogenated alkanes) is 1. The lowest BCUT2D eigenvalue weighted by Gasteiger charge is -2.10. The maximum Gasteiger partial charge on any atom is 0.282 e. The van der Waals surface area contributed by atoms with Gasteiger partial charge in [0.25, 0.3) is 17.5 Å². The van der Waals surface area contributed by atoms with Gasteiger partial charge >= 0.3 is 0 Å². The van der Waals surface area contributed by atoms with Crippen molar-refractivity contribution in [3.63, 3.8) is 0 Å². The van der Waals surface area contributed by atoms with Crippen molar-refractivity contribution in [3.05, 3.63) is 69.8 Å². The van der Waals surface area contributed by atoms with E-state index in [1.165, 1.54) is 24.3 Å². The van der Waals surface area contributed by atoms with E-state index in [4.69, 9.17) is 12.2 Å². The van der Waals surface area contributed by atoms with Crippen molar-refractivity contribution >= 4 is 40.5 Å². The number of rotatable bonds is 7. The summed E-state index contributed by atoms with van der Waals surface area (Å²) in [5.74, 6) is -0.844. The van der Waals surface area contributed by atoms with Crippen LogP contribution in [0.5, 0.6) is 0 Å². The van der Waals surface area contributed by atoms with E-state index in [1.54, 1.807) is 24.3 Å². The molecule has 2 aromatic carbocycles. The first kappa shape index (κ1) is 21.0. The summed E-state index contributed by atoms with van der Waals surface area (Å²) in [6.07, 6.45) is 1.91. The largest absolute Gasteiger partial charge is 0.352 e. The van der Waals surface area contributed by atoms with Gasteiger partial charge in [-0.1, -0.05) is 25.5 Å². The molecule has 2 aromatic rings. The molecule has 2 rings (SSSR count). The smallest absolute Gasteiger partial charge is 0.282 e. The topological polar surface area (TPSA) is 113 Å². The maximum atomic E-state index is 12.2. The van der Waals surface area contributed by atoms with Crippen molar-refractivity contribution in [2.75, 3.05) is 11.9 Å². The van der Waals surface area contributed by atoms with Crippen molar-refractivity contribution in [3.8, 4) is 0 Å². The lowest BCUT2D eigenvalue weighted by atomic mass is 10.1. The Morgan fingerprint density at radius 2 is 1.75 bits per heavy atom. The average molecular weight is 400 g/mol. The Morgan fingerprint density at radius 3 is 2.39 bits per heavy atom. The molecule has 0 atom stereocenters. The highest BCUT2D eigenvalue weighted by molar-refractivity contribution is 7.80. The summed E-state index contributed by atoms with van der Waals surface area (Å²) >= 11 is 5.08. The van der Waals surface area contributed by atoms with Gasteiger partial charge in [0.1, 0.15) is 5.56 Å². The van der Waals surface area contributed by atoms with E-state index in [9.17, 15) is 19.7 Å². The third kappa shape index (κ3) is 5.85. The third-order valence-corrected chi connectivity index (χ3v) is 4.00. The van der Waals surface area contributed by atoms with Crippen LogP contribution in [0.25, 0.3) is 0 Å². The zero-order valence-electron chi connectivity index (χ0n) is 15.2. The molecule has 9 heteroatoms. The second-order valence-corrected chi connectivity index (χ2v) is 6.28. The summed E-state index contributed by atoms with van der Waals surface area (Å²) in [5, 5.41) is 19.0. The van der Waals surface area contributed by atoms with Crippen molar-refractivity contribution in [1.29, 1.82) is 0 Å². The van der Waals surface area contributed by atoms with Gasteiger partial charge in [0, 0.05) is 23.9 Å². The number of thiocarbonyl (C=S) groups is 1. The maximum absolute atomic E-state index is 12.2. The molecular weight excluding hydrogens is 380 g/mol.